The molecule has 0 fully saturated rings. The minimum atomic E-state index is -0.264. The lowest BCUT2D eigenvalue weighted by molar-refractivity contribution is -0.150. The van der Waals surface area contributed by atoms with Crippen molar-refractivity contribution in [2.24, 2.45) is 0 Å². The lowest BCUT2D eigenvalue weighted by Gasteiger charge is -2.25. The average Bonchev–Trinajstić information content (AvgIpc) is 3.05. The number of aliphatic hydroxyl groups excluding tert-OH is 2. The molecule has 0 aliphatic rings. The first-order chi connectivity index (χ1) is 22.6. The number of aliphatic hydroxyl groups is 2. The van der Waals surface area contributed by atoms with Crippen molar-refractivity contribution in [3.63, 3.8) is 0 Å². The van der Waals surface area contributed by atoms with Gasteiger partial charge in [-0.25, -0.2) is 0 Å². The molecule has 5 heteroatoms. The van der Waals surface area contributed by atoms with E-state index >= 15 is 0 Å². The van der Waals surface area contributed by atoms with E-state index in [-0.39, 0.29) is 24.8 Å². The third-order valence-corrected chi connectivity index (χ3v) is 9.65. The molecule has 0 saturated carbocycles. The van der Waals surface area contributed by atoms with E-state index in [0.717, 1.165) is 83.8 Å². The smallest absolute Gasteiger partial charge is 0.306 e. The zero-order chi connectivity index (χ0) is 33.8. The zero-order valence-electron chi connectivity index (χ0n) is 31.6. The summed E-state index contributed by atoms with van der Waals surface area (Å²) in [7, 11) is 0. The molecule has 276 valence electrons. The normalized spacial score (nSPS) is 13.0. The highest BCUT2D eigenvalue weighted by Gasteiger charge is 2.15. The minimum Gasteiger partial charge on any atom is -0.462 e. The van der Waals surface area contributed by atoms with E-state index in [1.807, 2.05) is 0 Å². The van der Waals surface area contributed by atoms with E-state index in [0.29, 0.717) is 6.42 Å². The second-order valence-corrected chi connectivity index (χ2v) is 14.4. The predicted molar refractivity (Wildman–Crippen MR) is 200 cm³/mol. The molecule has 5 nitrogen and oxygen atoms in total. The maximum atomic E-state index is 12.7. The third kappa shape index (κ3) is 33.3. The van der Waals surface area contributed by atoms with Gasteiger partial charge in [-0.15, -0.1) is 0 Å². The van der Waals surface area contributed by atoms with Crippen molar-refractivity contribution in [3.8, 4) is 0 Å². The average molecular weight is 654 g/mol. The molecule has 0 aliphatic carbocycles. The fourth-order valence-corrected chi connectivity index (χ4v) is 6.62. The minimum absolute atomic E-state index is 0.0103. The summed E-state index contributed by atoms with van der Waals surface area (Å²) in [6, 6.07) is 0. The molecule has 0 amide bonds. The highest BCUT2D eigenvalue weighted by Crippen LogP contribution is 2.18. The van der Waals surface area contributed by atoms with E-state index in [1.165, 1.54) is 128 Å². The van der Waals surface area contributed by atoms with E-state index in [2.05, 4.69) is 25.7 Å². The van der Waals surface area contributed by atoms with Gasteiger partial charge in [0.1, 0.15) is 6.10 Å². The van der Waals surface area contributed by atoms with Crippen molar-refractivity contribution in [2.45, 2.75) is 232 Å². The second kappa shape index (κ2) is 37.2. The van der Waals surface area contributed by atoms with Gasteiger partial charge in [0.25, 0.3) is 0 Å². The number of hydrogen-bond acceptors (Lipinski definition) is 5. The predicted octanol–water partition coefficient (Wildman–Crippen LogP) is 11.7. The molecule has 0 aromatic rings. The Bertz CT molecular complexity index is 601. The van der Waals surface area contributed by atoms with Gasteiger partial charge in [-0.3, -0.25) is 4.79 Å². The summed E-state index contributed by atoms with van der Waals surface area (Å²) < 4.78 is 6.00. The maximum Gasteiger partial charge on any atom is 0.306 e. The molecule has 0 heterocycles. The van der Waals surface area contributed by atoms with Gasteiger partial charge in [-0.05, 0) is 57.9 Å². The maximum absolute atomic E-state index is 12.7. The van der Waals surface area contributed by atoms with Crippen LogP contribution in [0.3, 0.4) is 0 Å². The van der Waals surface area contributed by atoms with Crippen molar-refractivity contribution in [3.05, 3.63) is 0 Å². The first-order valence-electron chi connectivity index (χ1n) is 20.8. The highest BCUT2D eigenvalue weighted by molar-refractivity contribution is 5.69. The molecule has 0 bridgehead atoms. The van der Waals surface area contributed by atoms with Gasteiger partial charge < -0.3 is 19.8 Å². The topological polar surface area (TPSA) is 70.0 Å². The Labute approximate surface area is 288 Å². The summed E-state index contributed by atoms with van der Waals surface area (Å²) >= 11 is 0. The Morgan fingerprint density at radius 2 is 0.913 bits per heavy atom. The SMILES string of the molecule is CCCCCCCCCCCCC(O)CN(CCCO)CCCCCCCC(=O)OC(CCCCCCC)CCCCCCCC. The van der Waals surface area contributed by atoms with Crippen LogP contribution in [0.15, 0.2) is 0 Å². The summed E-state index contributed by atoms with van der Waals surface area (Å²) in [5.41, 5.74) is 0. The number of ether oxygens (including phenoxy) is 1. The van der Waals surface area contributed by atoms with E-state index < -0.39 is 0 Å². The summed E-state index contributed by atoms with van der Waals surface area (Å²) in [5, 5.41) is 20.0. The van der Waals surface area contributed by atoms with Crippen molar-refractivity contribution in [1.29, 1.82) is 0 Å². The number of unbranched alkanes of at least 4 members (excludes halogenated alkanes) is 22. The number of nitrogens with zero attached hydrogens (tertiary/aromatic N) is 1. The summed E-state index contributed by atoms with van der Waals surface area (Å²) in [6.45, 7) is 9.56. The second-order valence-electron chi connectivity index (χ2n) is 14.4. The van der Waals surface area contributed by atoms with E-state index in [1.54, 1.807) is 0 Å². The molecule has 0 radical (unpaired) electrons. The fraction of sp³-hybridized carbons (Fsp3) is 0.976. The van der Waals surface area contributed by atoms with Crippen LogP contribution in [0.4, 0.5) is 0 Å². The molecule has 2 atom stereocenters. The molecule has 0 aromatic heterocycles. The van der Waals surface area contributed by atoms with Crippen molar-refractivity contribution >= 4 is 5.97 Å². The molecule has 2 unspecified atom stereocenters. The van der Waals surface area contributed by atoms with Crippen LogP contribution >= 0.6 is 0 Å². The van der Waals surface area contributed by atoms with Gasteiger partial charge in [0.15, 0.2) is 0 Å². The Hall–Kier alpha value is -0.650. The van der Waals surface area contributed by atoms with Gasteiger partial charge >= 0.3 is 5.97 Å². The standard InChI is InChI=1S/C41H83NO4/c1-4-7-10-13-15-16-17-18-21-25-31-39(44)38-42(36-30-37-43)35-29-24-19-23-28-34-41(45)46-40(32-26-20-12-9-6-3)33-27-22-14-11-8-5-2/h39-40,43-44H,4-38H2,1-3H3. The first kappa shape index (κ1) is 45.3. The Kier molecular flexibility index (Phi) is 36.6. The number of rotatable bonds is 38. The Morgan fingerprint density at radius 3 is 1.39 bits per heavy atom. The molecule has 0 saturated heterocycles. The van der Waals surface area contributed by atoms with Crippen LogP contribution in [0.5, 0.6) is 0 Å². The van der Waals surface area contributed by atoms with Crippen LogP contribution in [0.25, 0.3) is 0 Å². The van der Waals surface area contributed by atoms with Gasteiger partial charge in [-0.1, -0.05) is 162 Å². The van der Waals surface area contributed by atoms with Crippen molar-refractivity contribution in [2.75, 3.05) is 26.2 Å². The summed E-state index contributed by atoms with van der Waals surface area (Å²) in [6.07, 6.45) is 36.8. The molecular weight excluding hydrogens is 570 g/mol. The zero-order valence-corrected chi connectivity index (χ0v) is 31.6. The van der Waals surface area contributed by atoms with Crippen LogP contribution in [-0.2, 0) is 9.53 Å². The van der Waals surface area contributed by atoms with Gasteiger partial charge in [-0.2, -0.15) is 0 Å². The largest absolute Gasteiger partial charge is 0.462 e. The van der Waals surface area contributed by atoms with Gasteiger partial charge in [0, 0.05) is 26.1 Å². The van der Waals surface area contributed by atoms with Crippen molar-refractivity contribution < 1.29 is 19.7 Å². The molecular formula is C41H83NO4. The van der Waals surface area contributed by atoms with Gasteiger partial charge in [0.2, 0.25) is 0 Å². The van der Waals surface area contributed by atoms with Crippen LogP contribution in [-0.4, -0.2) is 59.5 Å². The highest BCUT2D eigenvalue weighted by atomic mass is 16.5. The number of hydrogen-bond donors (Lipinski definition) is 2. The molecule has 46 heavy (non-hydrogen) atoms. The molecule has 0 aromatic carbocycles. The van der Waals surface area contributed by atoms with Crippen molar-refractivity contribution in [1.82, 2.24) is 4.90 Å². The van der Waals surface area contributed by atoms with Gasteiger partial charge in [0.05, 0.1) is 6.10 Å². The lowest BCUT2D eigenvalue weighted by Crippen LogP contribution is -2.34. The van der Waals surface area contributed by atoms with Crippen LogP contribution < -0.4 is 0 Å². The Balaban J connectivity index is 4.11. The lowest BCUT2D eigenvalue weighted by atomic mass is 10.0. The van der Waals surface area contributed by atoms with Crippen LogP contribution in [0.1, 0.15) is 220 Å². The molecule has 0 rings (SSSR count). The molecule has 0 spiro atoms. The Morgan fingerprint density at radius 1 is 0.522 bits per heavy atom. The first-order valence-corrected chi connectivity index (χ1v) is 20.8. The summed E-state index contributed by atoms with van der Waals surface area (Å²) in [4.78, 5) is 15.0. The van der Waals surface area contributed by atoms with E-state index in [9.17, 15) is 15.0 Å². The van der Waals surface area contributed by atoms with E-state index in [4.69, 9.17) is 4.74 Å². The third-order valence-electron chi connectivity index (χ3n) is 9.65. The number of carbonyl (C=O) groups excluding carboxylic acids is 1. The number of esters is 1. The van der Waals surface area contributed by atoms with Crippen LogP contribution in [0, 0.1) is 0 Å². The quantitative estimate of drug-likeness (QED) is 0.0512. The fourth-order valence-electron chi connectivity index (χ4n) is 6.62. The number of carbonyl (C=O) groups is 1. The molecule has 2 N–H and O–H groups in total. The monoisotopic (exact) mass is 654 g/mol. The summed E-state index contributed by atoms with van der Waals surface area (Å²) in [5.74, 6) is 0.0103. The van der Waals surface area contributed by atoms with Crippen LogP contribution in [0.2, 0.25) is 0 Å². The molecule has 0 aliphatic heterocycles.